The summed E-state index contributed by atoms with van der Waals surface area (Å²) in [5, 5.41) is 13.9. The Morgan fingerprint density at radius 2 is 1.63 bits per heavy atom. The molecule has 3 N–H and O–H groups in total. The average molecular weight is 273 g/mol. The molecule has 0 fully saturated rings. The van der Waals surface area contributed by atoms with Crippen molar-refractivity contribution in [3.63, 3.8) is 0 Å². The highest BCUT2D eigenvalue weighted by Gasteiger charge is 2.26. The average Bonchev–Trinajstić information content (AvgIpc) is 2.22. The molecule has 0 spiro atoms. The van der Waals surface area contributed by atoms with Gasteiger partial charge < -0.3 is 20.6 Å². The molecular weight excluding hydrogens is 250 g/mol. The number of carboxylic acids is 1. The van der Waals surface area contributed by atoms with E-state index in [9.17, 15) is 14.4 Å². The first kappa shape index (κ1) is 17.2. The Morgan fingerprint density at radius 3 is 2.05 bits per heavy atom. The summed E-state index contributed by atoms with van der Waals surface area (Å²) in [5.74, 6) is -1.10. The molecule has 0 aromatic rings. The number of carbonyl (C=O) groups excluding carboxylic acids is 2. The Kier molecular flexibility index (Phi) is 6.89. The second-order valence-electron chi connectivity index (χ2n) is 5.18. The molecule has 0 aromatic heterocycles. The van der Waals surface area contributed by atoms with Crippen LogP contribution >= 0.6 is 0 Å². The van der Waals surface area contributed by atoms with E-state index < -0.39 is 11.5 Å². The smallest absolute Gasteiger partial charge is 0.317 e. The van der Waals surface area contributed by atoms with Gasteiger partial charge in [0.1, 0.15) is 0 Å². The molecule has 3 amide bonds. The van der Waals surface area contributed by atoms with Gasteiger partial charge in [-0.05, 0) is 20.8 Å². The molecule has 0 atom stereocenters. The predicted octanol–water partition coefficient (Wildman–Crippen LogP) is 0.407. The topological polar surface area (TPSA) is 98.7 Å². The summed E-state index contributed by atoms with van der Waals surface area (Å²) in [4.78, 5) is 34.7. The van der Waals surface area contributed by atoms with Crippen LogP contribution in [0.3, 0.4) is 0 Å². The van der Waals surface area contributed by atoms with Gasteiger partial charge in [0.2, 0.25) is 5.91 Å². The van der Waals surface area contributed by atoms with Gasteiger partial charge in [0.05, 0.1) is 6.42 Å². The highest BCUT2D eigenvalue weighted by Crippen LogP contribution is 2.13. The van der Waals surface area contributed by atoms with Crippen molar-refractivity contribution in [1.29, 1.82) is 0 Å². The van der Waals surface area contributed by atoms with E-state index in [4.69, 9.17) is 5.11 Å². The number of nitrogens with one attached hydrogen (secondary N) is 2. The summed E-state index contributed by atoms with van der Waals surface area (Å²) >= 11 is 0. The van der Waals surface area contributed by atoms with Gasteiger partial charge in [0, 0.05) is 32.1 Å². The number of carbonyl (C=O) groups is 3. The number of urea groups is 1. The molecule has 0 aliphatic carbocycles. The van der Waals surface area contributed by atoms with Crippen LogP contribution in [0.25, 0.3) is 0 Å². The first-order valence-corrected chi connectivity index (χ1v) is 6.16. The molecule has 0 aromatic carbocycles. The van der Waals surface area contributed by atoms with Crippen molar-refractivity contribution in [2.75, 3.05) is 19.6 Å². The highest BCUT2D eigenvalue weighted by molar-refractivity contribution is 5.76. The quantitative estimate of drug-likeness (QED) is 0.610. The highest BCUT2D eigenvalue weighted by atomic mass is 16.4. The molecule has 0 radical (unpaired) electrons. The normalized spacial score (nSPS) is 10.7. The number of aliphatic carboxylic acids is 1. The summed E-state index contributed by atoms with van der Waals surface area (Å²) in [5.41, 5.74) is -0.465. The molecular formula is C12H23N3O4. The van der Waals surface area contributed by atoms with Crippen LogP contribution in [0.5, 0.6) is 0 Å². The number of nitrogens with zero attached hydrogens (tertiary/aromatic N) is 1. The van der Waals surface area contributed by atoms with Crippen molar-refractivity contribution in [2.24, 2.45) is 0 Å². The van der Waals surface area contributed by atoms with Crippen LogP contribution < -0.4 is 10.6 Å². The number of rotatable bonds is 6. The van der Waals surface area contributed by atoms with E-state index in [-0.39, 0.29) is 24.9 Å². The molecule has 0 unspecified atom stereocenters. The molecule has 0 bridgehead atoms. The number of amides is 3. The SMILES string of the molecule is CC(=O)NCCNC(=O)N(CCC(=O)O)C(C)(C)C. The summed E-state index contributed by atoms with van der Waals surface area (Å²) in [6.07, 6.45) is -0.101. The van der Waals surface area contributed by atoms with Gasteiger partial charge in [0.25, 0.3) is 0 Å². The fourth-order valence-corrected chi connectivity index (χ4v) is 1.45. The second-order valence-corrected chi connectivity index (χ2v) is 5.18. The molecule has 7 nitrogen and oxygen atoms in total. The Morgan fingerprint density at radius 1 is 1.11 bits per heavy atom. The van der Waals surface area contributed by atoms with Crippen molar-refractivity contribution in [2.45, 2.75) is 39.7 Å². The zero-order valence-electron chi connectivity index (χ0n) is 11.9. The van der Waals surface area contributed by atoms with Gasteiger partial charge in [-0.1, -0.05) is 0 Å². The number of hydrogen-bond acceptors (Lipinski definition) is 3. The van der Waals surface area contributed by atoms with Crippen LogP contribution in [0.4, 0.5) is 4.79 Å². The minimum Gasteiger partial charge on any atom is -0.481 e. The van der Waals surface area contributed by atoms with Crippen LogP contribution in [0.2, 0.25) is 0 Å². The Balaban J connectivity index is 4.31. The van der Waals surface area contributed by atoms with Gasteiger partial charge >= 0.3 is 12.0 Å². The lowest BCUT2D eigenvalue weighted by Crippen LogP contribution is -2.52. The monoisotopic (exact) mass is 273 g/mol. The van der Waals surface area contributed by atoms with Gasteiger partial charge in [-0.2, -0.15) is 0 Å². The van der Waals surface area contributed by atoms with Crippen molar-refractivity contribution < 1.29 is 19.5 Å². The van der Waals surface area contributed by atoms with E-state index in [1.54, 1.807) is 0 Å². The van der Waals surface area contributed by atoms with Crippen molar-refractivity contribution >= 4 is 17.9 Å². The lowest BCUT2D eigenvalue weighted by Gasteiger charge is -2.35. The second kappa shape index (κ2) is 7.60. The molecule has 7 heteroatoms. The van der Waals surface area contributed by atoms with Gasteiger partial charge in [-0.25, -0.2) is 4.79 Å². The fourth-order valence-electron chi connectivity index (χ4n) is 1.45. The lowest BCUT2D eigenvalue weighted by molar-refractivity contribution is -0.137. The van der Waals surface area contributed by atoms with Crippen LogP contribution in [-0.2, 0) is 9.59 Å². The van der Waals surface area contributed by atoms with E-state index in [0.29, 0.717) is 13.1 Å². The summed E-state index contributed by atoms with van der Waals surface area (Å²) in [7, 11) is 0. The summed E-state index contributed by atoms with van der Waals surface area (Å²) in [6.45, 7) is 7.70. The van der Waals surface area contributed by atoms with E-state index in [1.165, 1.54) is 11.8 Å². The van der Waals surface area contributed by atoms with Crippen LogP contribution in [-0.4, -0.2) is 53.1 Å². The van der Waals surface area contributed by atoms with E-state index in [0.717, 1.165) is 0 Å². The van der Waals surface area contributed by atoms with Crippen LogP contribution in [0.15, 0.2) is 0 Å². The zero-order valence-corrected chi connectivity index (χ0v) is 11.9. The van der Waals surface area contributed by atoms with E-state index in [1.807, 2.05) is 20.8 Å². The fraction of sp³-hybridized carbons (Fsp3) is 0.750. The maximum atomic E-state index is 12.0. The molecule has 0 aliphatic rings. The van der Waals surface area contributed by atoms with Gasteiger partial charge in [0.15, 0.2) is 0 Å². The number of carboxylic acid groups (broad SMARTS) is 1. The standard InChI is InChI=1S/C12H23N3O4/c1-9(16)13-6-7-14-11(19)15(12(2,3)4)8-5-10(17)18/h5-8H2,1-4H3,(H,13,16)(H,14,19)(H,17,18). The minimum atomic E-state index is -0.944. The zero-order chi connectivity index (χ0) is 15.1. The van der Waals surface area contributed by atoms with Crippen molar-refractivity contribution in [3.8, 4) is 0 Å². The molecule has 0 aliphatic heterocycles. The third kappa shape index (κ3) is 8.01. The largest absolute Gasteiger partial charge is 0.481 e. The van der Waals surface area contributed by atoms with Gasteiger partial charge in [-0.15, -0.1) is 0 Å². The summed E-state index contributed by atoms with van der Waals surface area (Å²) in [6, 6.07) is -0.334. The predicted molar refractivity (Wildman–Crippen MR) is 70.8 cm³/mol. The first-order valence-electron chi connectivity index (χ1n) is 6.16. The van der Waals surface area contributed by atoms with Crippen molar-refractivity contribution in [1.82, 2.24) is 15.5 Å². The van der Waals surface area contributed by atoms with Gasteiger partial charge in [-0.3, -0.25) is 9.59 Å². The summed E-state index contributed by atoms with van der Waals surface area (Å²) < 4.78 is 0. The molecule has 19 heavy (non-hydrogen) atoms. The van der Waals surface area contributed by atoms with Crippen LogP contribution in [0, 0.1) is 0 Å². The van der Waals surface area contributed by atoms with Crippen molar-refractivity contribution in [3.05, 3.63) is 0 Å². The van der Waals surface area contributed by atoms with E-state index in [2.05, 4.69) is 10.6 Å². The third-order valence-electron chi connectivity index (χ3n) is 2.38. The Hall–Kier alpha value is -1.79. The minimum absolute atomic E-state index is 0.101. The number of hydrogen-bond donors (Lipinski definition) is 3. The lowest BCUT2D eigenvalue weighted by atomic mass is 10.1. The first-order chi connectivity index (χ1) is 8.64. The molecule has 0 saturated carbocycles. The Labute approximate surface area is 113 Å². The van der Waals surface area contributed by atoms with E-state index >= 15 is 0 Å². The maximum Gasteiger partial charge on any atom is 0.317 e. The third-order valence-corrected chi connectivity index (χ3v) is 2.38. The molecule has 0 rings (SSSR count). The molecule has 0 saturated heterocycles. The Bertz CT molecular complexity index is 336. The molecule has 0 heterocycles. The molecule has 110 valence electrons. The van der Waals surface area contributed by atoms with Crippen LogP contribution in [0.1, 0.15) is 34.1 Å². The maximum absolute atomic E-state index is 12.0.